The average Bonchev–Trinajstić information content (AvgIpc) is 0.738. The molecule has 8 N–H and O–H groups in total. The number of methoxy groups -OCH3 is 12. The summed E-state index contributed by atoms with van der Waals surface area (Å²) in [5, 5.41) is 23.2. The van der Waals surface area contributed by atoms with Gasteiger partial charge in [0.25, 0.3) is 0 Å². The molecule has 1 aliphatic rings. The highest BCUT2D eigenvalue weighted by molar-refractivity contribution is 6.00. The predicted molar refractivity (Wildman–Crippen MR) is 446 cm³/mol. The van der Waals surface area contributed by atoms with Gasteiger partial charge < -0.3 is 99.4 Å². The largest absolute Gasteiger partial charge is 0.496 e. The van der Waals surface area contributed by atoms with Gasteiger partial charge in [0.05, 0.1) is 109 Å². The van der Waals surface area contributed by atoms with E-state index in [1.165, 1.54) is 134 Å². The third-order valence-corrected chi connectivity index (χ3v) is 20.9. The van der Waals surface area contributed by atoms with E-state index in [1.807, 2.05) is 55.4 Å². The van der Waals surface area contributed by atoms with Crippen molar-refractivity contribution < 1.29 is 114 Å². The third-order valence-electron chi connectivity index (χ3n) is 20.9. The monoisotopic (exact) mass is 1680 g/mol. The zero-order valence-corrected chi connectivity index (χ0v) is 74.8. The summed E-state index contributed by atoms with van der Waals surface area (Å²) in [5.74, 6) is -21.8. The van der Waals surface area contributed by atoms with Crippen LogP contribution in [-0.2, 0) is 76.5 Å². The Morgan fingerprint density at radius 3 is 0.483 bits per heavy atom. The van der Waals surface area contributed by atoms with Gasteiger partial charge in [-0.05, 0) is 97.3 Å². The normalized spacial score (nSPS) is 16.4. The summed E-state index contributed by atoms with van der Waals surface area (Å²) in [6.07, 6.45) is -0.167. The Morgan fingerprint density at radius 1 is 0.233 bits per heavy atom. The van der Waals surface area contributed by atoms with Gasteiger partial charge in [0.15, 0.2) is 0 Å². The second-order valence-electron chi connectivity index (χ2n) is 32.9. The Bertz CT molecular complexity index is 3650. The lowest BCUT2D eigenvalue weighted by molar-refractivity contribution is -0.147. The van der Waals surface area contributed by atoms with Crippen molar-refractivity contribution in [3.05, 3.63) is 93.0 Å². The molecule has 4 aromatic rings. The van der Waals surface area contributed by atoms with Crippen molar-refractivity contribution in [1.82, 2.24) is 42.5 Å². The fourth-order valence-electron chi connectivity index (χ4n) is 14.7. The van der Waals surface area contributed by atoms with Crippen LogP contribution in [0.1, 0.15) is 205 Å². The molecule has 8 bridgehead atoms. The van der Waals surface area contributed by atoms with E-state index >= 15 is 38.4 Å². The number of ether oxygens (including phenoxy) is 12. The van der Waals surface area contributed by atoms with Crippen molar-refractivity contribution in [1.29, 1.82) is 0 Å². The molecule has 8 amide bonds. The average molecular weight is 1680 g/mol. The quantitative estimate of drug-likeness (QED) is 0.0154. The van der Waals surface area contributed by atoms with Gasteiger partial charge in [-0.15, -0.1) is 0 Å². The van der Waals surface area contributed by atoms with E-state index in [1.54, 1.807) is 55.4 Å². The summed E-state index contributed by atoms with van der Waals surface area (Å²) in [6.45, 7) is 28.1. The molecule has 0 unspecified atom stereocenters. The number of benzene rings is 4. The van der Waals surface area contributed by atoms with Crippen molar-refractivity contribution >= 4 is 71.1 Å². The number of rotatable bonds is 40. The number of hydrogen-bond donors (Lipinski definition) is 8. The van der Waals surface area contributed by atoms with E-state index in [9.17, 15) is 19.2 Å². The SMILES string of the molecule is COC(=O)[C@H](NC(=O)[C@@H](CC(C)C)NC(=O)C1c2cc(c(OC)cc2OC)C(C(=O)N[C@H](CC(C)C)C(=O)N[C@@H](C(=O)OC)C(C)C)c2cc(c(OC)cc2OC)C(C(=O)N[C@H](CC(C)C)C(=O)N[C@@H](C(=O)OC)C(C)C)c2cc(c(OC)cc2OC)C(C(=O)N[C@H](CC(C)C)C(=O)N[C@@H](C(=O)OC)C(C)C)c2cc1c(OC)cc2OC)C(C)C. The summed E-state index contributed by atoms with van der Waals surface area (Å²) >= 11 is 0. The van der Waals surface area contributed by atoms with Gasteiger partial charge in [-0.3, -0.25) is 38.4 Å². The Hall–Kier alpha value is -11.1. The molecule has 0 fully saturated rings. The van der Waals surface area contributed by atoms with E-state index in [0.29, 0.717) is 0 Å². The molecular weight excluding hydrogens is 1550 g/mol. The third kappa shape index (κ3) is 24.6. The Labute approximate surface area is 705 Å². The molecule has 0 aromatic heterocycles. The van der Waals surface area contributed by atoms with Crippen LogP contribution in [0, 0.1) is 47.3 Å². The molecule has 32 heteroatoms. The van der Waals surface area contributed by atoms with Crippen molar-refractivity contribution in [2.75, 3.05) is 85.3 Å². The zero-order valence-electron chi connectivity index (χ0n) is 74.8. The van der Waals surface area contributed by atoms with Gasteiger partial charge in [-0.2, -0.15) is 0 Å². The van der Waals surface area contributed by atoms with Crippen LogP contribution in [-0.4, -0.2) is 205 Å². The first-order valence-corrected chi connectivity index (χ1v) is 40.3. The first-order valence-electron chi connectivity index (χ1n) is 40.3. The number of hydrogen-bond acceptors (Lipinski definition) is 24. The zero-order chi connectivity index (χ0) is 90.3. The highest BCUT2D eigenvalue weighted by Crippen LogP contribution is 2.52. The van der Waals surface area contributed by atoms with Gasteiger partial charge >= 0.3 is 23.9 Å². The molecule has 0 saturated heterocycles. The predicted octanol–water partition coefficient (Wildman–Crippen LogP) is 7.98. The summed E-state index contributed by atoms with van der Waals surface area (Å²) in [7, 11) is 15.1. The lowest BCUT2D eigenvalue weighted by Crippen LogP contribution is -2.54. The van der Waals surface area contributed by atoms with Crippen molar-refractivity contribution in [3.63, 3.8) is 0 Å². The lowest BCUT2D eigenvalue weighted by Gasteiger charge is -2.32. The minimum absolute atomic E-state index is 0.0418. The van der Waals surface area contributed by atoms with Crippen molar-refractivity contribution in [2.45, 2.75) is 208 Å². The maximum absolute atomic E-state index is 16.9. The Morgan fingerprint density at radius 2 is 0.375 bits per heavy atom. The number of nitrogens with one attached hydrogen (secondary N) is 8. The number of fused-ring (bicyclic) bond motifs is 8. The molecule has 1 aliphatic carbocycles. The number of amides is 8. The van der Waals surface area contributed by atoms with Crippen LogP contribution in [0.2, 0.25) is 0 Å². The topological polar surface area (TPSA) is 412 Å². The van der Waals surface area contributed by atoms with Gasteiger partial charge in [0.1, 0.15) is 94.3 Å². The number of esters is 4. The Balaban J connectivity index is 2.30. The fourth-order valence-corrected chi connectivity index (χ4v) is 14.7. The van der Waals surface area contributed by atoms with Crippen LogP contribution < -0.4 is 80.4 Å². The second-order valence-corrected chi connectivity index (χ2v) is 32.9. The summed E-state index contributed by atoms with van der Waals surface area (Å²) in [5.41, 5.74) is -0.827. The lowest BCUT2D eigenvalue weighted by atomic mass is 9.78. The molecule has 32 nitrogen and oxygen atoms in total. The highest BCUT2D eigenvalue weighted by Gasteiger charge is 2.45. The van der Waals surface area contributed by atoms with Gasteiger partial charge in [-0.1, -0.05) is 111 Å². The van der Waals surface area contributed by atoms with Gasteiger partial charge in [0, 0.05) is 68.8 Å². The fraction of sp³-hybridized carbons (Fsp3) is 0.591. The minimum atomic E-state index is -1.85. The summed E-state index contributed by atoms with van der Waals surface area (Å²) in [4.78, 5) is 182. The molecule has 0 aliphatic heterocycles. The van der Waals surface area contributed by atoms with E-state index in [2.05, 4.69) is 42.5 Å². The van der Waals surface area contributed by atoms with Crippen LogP contribution in [0.4, 0.5) is 0 Å². The standard InChI is InChI=1S/C88H128N8O24/c1-41(2)29-57(77(97)93-73(45(9)10)85(105)117-25)89-81(101)69-49-33-51(63(111-19)37-61(49)109-17)70(82(102)90-58(30-42(3)4)78(98)94-74(46(11)12)86(106)118-26)53-35-55(67(115-23)39-65(53)113-21)72(84(104)92-60(32-44(7)8)80(100)96-76(48(15)16)88(108)120-28)56-36-54(66(114-22)40-68(56)116-24)71(52-34-50(69)62(110-18)38-64(52)112-20)83(103)91-59(31-43(5)6)79(99)95-75(47(13)14)87(107)119-27/h33-48,57-60,69-76H,29-32H2,1-28H3,(H,89,101)(H,90,102)(H,91,103)(H,92,104)(H,93,97)(H,94,98)(H,95,99)(H,96,100)/t57-,58-,59-,60-,69?,70?,71?,72?,73-,74-,75-,76-/m1/s1. The van der Waals surface area contributed by atoms with E-state index in [0.717, 1.165) is 0 Å². The molecule has 5 rings (SSSR count). The van der Waals surface area contributed by atoms with E-state index in [4.69, 9.17) is 56.8 Å². The number of carbonyl (C=O) groups excluding carboxylic acids is 12. The van der Waals surface area contributed by atoms with Crippen LogP contribution in [0.5, 0.6) is 46.0 Å². The van der Waals surface area contributed by atoms with Crippen molar-refractivity contribution in [2.24, 2.45) is 47.3 Å². The first-order chi connectivity index (χ1) is 56.5. The molecule has 0 saturated carbocycles. The molecule has 4 aromatic carbocycles. The molecule has 8 atom stereocenters. The number of carbonyl (C=O) groups is 12. The maximum atomic E-state index is 16.9. The molecule has 0 heterocycles. The minimum Gasteiger partial charge on any atom is -0.496 e. The Kier molecular flexibility index (Phi) is 37.6. The van der Waals surface area contributed by atoms with Crippen LogP contribution >= 0.6 is 0 Å². The maximum Gasteiger partial charge on any atom is 0.328 e. The summed E-state index contributed by atoms with van der Waals surface area (Å²) < 4.78 is 71.2. The second kappa shape index (κ2) is 45.4. The first kappa shape index (κ1) is 99.5. The molecule has 0 radical (unpaired) electrons. The van der Waals surface area contributed by atoms with Crippen LogP contribution in [0.3, 0.4) is 0 Å². The van der Waals surface area contributed by atoms with Crippen LogP contribution in [0.15, 0.2) is 48.5 Å². The molecule has 0 spiro atoms. The van der Waals surface area contributed by atoms with Gasteiger partial charge in [-0.25, -0.2) is 19.2 Å². The van der Waals surface area contributed by atoms with Crippen molar-refractivity contribution in [3.8, 4) is 46.0 Å². The smallest absolute Gasteiger partial charge is 0.328 e. The molecule has 664 valence electrons. The van der Waals surface area contributed by atoms with Gasteiger partial charge in [0.2, 0.25) is 47.3 Å². The summed E-state index contributed by atoms with van der Waals surface area (Å²) in [6, 6.07) is 0.685. The highest BCUT2D eigenvalue weighted by atomic mass is 16.5. The van der Waals surface area contributed by atoms with Crippen LogP contribution in [0.25, 0.3) is 0 Å². The van der Waals surface area contributed by atoms with E-state index < -0.39 is 167 Å². The van der Waals surface area contributed by atoms with E-state index in [-0.39, 0.29) is 140 Å². The molecular formula is C88H128N8O24. The molecule has 120 heavy (non-hydrogen) atoms.